The number of hydrogen-bond donors (Lipinski definition) is 3. The highest BCUT2D eigenvalue weighted by atomic mass is 32.2. The minimum atomic E-state index is -3.57. The number of nitrogens with two attached hydrogens (primary N) is 1. The Morgan fingerprint density at radius 1 is 1.40 bits per heavy atom. The number of likely N-dealkylation sites (N-methyl/N-ethyl adjacent to an activating group) is 1. The highest BCUT2D eigenvalue weighted by molar-refractivity contribution is 7.89. The van der Waals surface area contributed by atoms with Crippen LogP contribution < -0.4 is 10.5 Å². The molecule has 1 unspecified atom stereocenters. The molecule has 0 saturated carbocycles. The van der Waals surface area contributed by atoms with Crippen LogP contribution in [0.15, 0.2) is 29.3 Å². The van der Waals surface area contributed by atoms with Crippen molar-refractivity contribution in [2.45, 2.75) is 17.9 Å². The van der Waals surface area contributed by atoms with Gasteiger partial charge in [-0.15, -0.1) is 0 Å². The number of nitrogens with zero attached hydrogens (tertiary/aromatic N) is 1. The molecule has 4 N–H and O–H groups in total. The van der Waals surface area contributed by atoms with Crippen LogP contribution in [0.25, 0.3) is 10.9 Å². The number of aromatic amines is 1. The first-order valence-corrected chi connectivity index (χ1v) is 7.81. The van der Waals surface area contributed by atoms with E-state index < -0.39 is 10.0 Å². The van der Waals surface area contributed by atoms with Crippen LogP contribution in [0.4, 0.5) is 5.69 Å². The third-order valence-corrected chi connectivity index (χ3v) is 4.58. The van der Waals surface area contributed by atoms with Gasteiger partial charge in [-0.3, -0.25) is 0 Å². The van der Waals surface area contributed by atoms with Gasteiger partial charge in [0.05, 0.1) is 0 Å². The van der Waals surface area contributed by atoms with E-state index in [0.29, 0.717) is 17.6 Å². The van der Waals surface area contributed by atoms with E-state index in [1.54, 1.807) is 18.2 Å². The SMILES string of the molecule is CC(CN(C)C)NS(=O)(=O)c1c[nH]c2ccc(N)cc12. The van der Waals surface area contributed by atoms with Crippen molar-refractivity contribution >= 4 is 26.6 Å². The zero-order valence-corrected chi connectivity index (χ0v) is 12.7. The fourth-order valence-corrected chi connectivity index (χ4v) is 3.65. The summed E-state index contributed by atoms with van der Waals surface area (Å²) >= 11 is 0. The van der Waals surface area contributed by atoms with Gasteiger partial charge in [0.1, 0.15) is 4.90 Å². The van der Waals surface area contributed by atoms with Gasteiger partial charge in [-0.2, -0.15) is 0 Å². The van der Waals surface area contributed by atoms with Crippen LogP contribution in [0.3, 0.4) is 0 Å². The maximum absolute atomic E-state index is 12.4. The molecule has 7 heteroatoms. The van der Waals surface area contributed by atoms with Crippen molar-refractivity contribution in [3.63, 3.8) is 0 Å². The molecule has 2 rings (SSSR count). The maximum Gasteiger partial charge on any atom is 0.242 e. The molecular formula is C13H20N4O2S. The van der Waals surface area contributed by atoms with Crippen molar-refractivity contribution in [1.29, 1.82) is 0 Å². The van der Waals surface area contributed by atoms with Crippen LogP contribution in [-0.4, -0.2) is 45.0 Å². The summed E-state index contributed by atoms with van der Waals surface area (Å²) in [6, 6.07) is 4.99. The fourth-order valence-electron chi connectivity index (χ4n) is 2.25. The Kier molecular flexibility index (Phi) is 4.03. The summed E-state index contributed by atoms with van der Waals surface area (Å²) in [6.45, 7) is 2.46. The Morgan fingerprint density at radius 3 is 2.75 bits per heavy atom. The van der Waals surface area contributed by atoms with E-state index in [-0.39, 0.29) is 10.9 Å². The average Bonchev–Trinajstić information content (AvgIpc) is 2.70. The topological polar surface area (TPSA) is 91.2 Å². The highest BCUT2D eigenvalue weighted by Crippen LogP contribution is 2.24. The largest absolute Gasteiger partial charge is 0.399 e. The van der Waals surface area contributed by atoms with E-state index in [9.17, 15) is 8.42 Å². The van der Waals surface area contributed by atoms with Crippen LogP contribution >= 0.6 is 0 Å². The molecule has 1 aromatic carbocycles. The van der Waals surface area contributed by atoms with Gasteiger partial charge in [-0.1, -0.05) is 0 Å². The van der Waals surface area contributed by atoms with E-state index in [1.165, 1.54) is 6.20 Å². The summed E-state index contributed by atoms with van der Waals surface area (Å²) in [5.74, 6) is 0. The van der Waals surface area contributed by atoms with Crippen molar-refractivity contribution in [1.82, 2.24) is 14.6 Å². The number of sulfonamides is 1. The second-order valence-electron chi connectivity index (χ2n) is 5.24. The summed E-state index contributed by atoms with van der Waals surface area (Å²) < 4.78 is 27.5. The Bertz CT molecular complexity index is 706. The first-order chi connectivity index (χ1) is 9.29. The number of aromatic nitrogens is 1. The predicted molar refractivity (Wildman–Crippen MR) is 81.0 cm³/mol. The zero-order valence-electron chi connectivity index (χ0n) is 11.8. The van der Waals surface area contributed by atoms with Gasteiger partial charge in [0, 0.05) is 35.4 Å². The summed E-state index contributed by atoms with van der Waals surface area (Å²) in [7, 11) is 0.231. The lowest BCUT2D eigenvalue weighted by molar-refractivity contribution is 0.370. The van der Waals surface area contributed by atoms with Gasteiger partial charge < -0.3 is 15.6 Å². The van der Waals surface area contributed by atoms with Crippen molar-refractivity contribution < 1.29 is 8.42 Å². The van der Waals surface area contributed by atoms with Gasteiger partial charge in [0.25, 0.3) is 0 Å². The number of anilines is 1. The lowest BCUT2D eigenvalue weighted by Crippen LogP contribution is -2.39. The van der Waals surface area contributed by atoms with E-state index in [4.69, 9.17) is 5.73 Å². The van der Waals surface area contributed by atoms with Crippen molar-refractivity contribution in [3.05, 3.63) is 24.4 Å². The lowest BCUT2D eigenvalue weighted by atomic mass is 10.2. The Morgan fingerprint density at radius 2 is 2.10 bits per heavy atom. The molecule has 1 aromatic heterocycles. The number of H-pyrrole nitrogens is 1. The standard InChI is InChI=1S/C13H20N4O2S/c1-9(8-17(2)3)16-20(18,19)13-7-15-12-5-4-10(14)6-11(12)13/h4-7,9,15-16H,8,14H2,1-3H3. The first-order valence-electron chi connectivity index (χ1n) is 6.33. The fraction of sp³-hybridized carbons (Fsp3) is 0.385. The molecule has 0 radical (unpaired) electrons. The minimum Gasteiger partial charge on any atom is -0.399 e. The minimum absolute atomic E-state index is 0.180. The van der Waals surface area contributed by atoms with Crippen molar-refractivity contribution in [2.24, 2.45) is 0 Å². The molecule has 0 amide bonds. The van der Waals surface area contributed by atoms with Crippen LogP contribution in [-0.2, 0) is 10.0 Å². The molecule has 0 aliphatic rings. The maximum atomic E-state index is 12.4. The molecule has 0 fully saturated rings. The van der Waals surface area contributed by atoms with E-state index in [1.807, 2.05) is 25.9 Å². The van der Waals surface area contributed by atoms with Gasteiger partial charge in [0.15, 0.2) is 0 Å². The number of hydrogen-bond acceptors (Lipinski definition) is 4. The summed E-state index contributed by atoms with van der Waals surface area (Å²) in [6.07, 6.45) is 1.49. The molecule has 0 aliphatic heterocycles. The molecule has 0 spiro atoms. The monoisotopic (exact) mass is 296 g/mol. The quantitative estimate of drug-likeness (QED) is 0.717. The summed E-state index contributed by atoms with van der Waals surface area (Å²) in [5.41, 5.74) is 7.01. The zero-order chi connectivity index (χ0) is 14.9. The number of nitrogens with one attached hydrogen (secondary N) is 2. The molecule has 0 saturated heterocycles. The van der Waals surface area contributed by atoms with Gasteiger partial charge in [-0.05, 0) is 39.2 Å². The molecule has 2 aromatic rings. The molecular weight excluding hydrogens is 276 g/mol. The number of nitrogen functional groups attached to an aromatic ring is 1. The summed E-state index contributed by atoms with van der Waals surface area (Å²) in [4.78, 5) is 5.11. The van der Waals surface area contributed by atoms with Crippen molar-refractivity contribution in [2.75, 3.05) is 26.4 Å². The molecule has 110 valence electrons. The molecule has 0 bridgehead atoms. The predicted octanol–water partition coefficient (Wildman–Crippen LogP) is 0.979. The van der Waals surface area contributed by atoms with Crippen LogP contribution in [0.1, 0.15) is 6.92 Å². The molecule has 6 nitrogen and oxygen atoms in total. The van der Waals surface area contributed by atoms with E-state index in [2.05, 4.69) is 9.71 Å². The second-order valence-corrected chi connectivity index (χ2v) is 6.92. The Hall–Kier alpha value is -1.57. The van der Waals surface area contributed by atoms with Gasteiger partial charge >= 0.3 is 0 Å². The third kappa shape index (κ3) is 3.12. The molecule has 1 heterocycles. The van der Waals surface area contributed by atoms with E-state index >= 15 is 0 Å². The first kappa shape index (κ1) is 14.8. The molecule has 1 atom stereocenters. The van der Waals surface area contributed by atoms with Gasteiger partial charge in [0.2, 0.25) is 10.0 Å². The molecule has 20 heavy (non-hydrogen) atoms. The smallest absolute Gasteiger partial charge is 0.242 e. The van der Waals surface area contributed by atoms with Crippen LogP contribution in [0, 0.1) is 0 Å². The van der Waals surface area contributed by atoms with Crippen LogP contribution in [0.2, 0.25) is 0 Å². The second kappa shape index (κ2) is 5.43. The lowest BCUT2D eigenvalue weighted by Gasteiger charge is -2.18. The summed E-state index contributed by atoms with van der Waals surface area (Å²) in [5, 5.41) is 0.606. The van der Waals surface area contributed by atoms with Crippen LogP contribution in [0.5, 0.6) is 0 Å². The Balaban J connectivity index is 2.34. The van der Waals surface area contributed by atoms with E-state index in [0.717, 1.165) is 5.52 Å². The number of benzene rings is 1. The Labute approximate surface area is 119 Å². The third-order valence-electron chi connectivity index (χ3n) is 2.95. The highest BCUT2D eigenvalue weighted by Gasteiger charge is 2.21. The normalized spacial score (nSPS) is 14.0. The molecule has 0 aliphatic carbocycles. The number of fused-ring (bicyclic) bond motifs is 1. The average molecular weight is 296 g/mol. The van der Waals surface area contributed by atoms with Crippen molar-refractivity contribution in [3.8, 4) is 0 Å². The number of rotatable bonds is 5. The van der Waals surface area contributed by atoms with Gasteiger partial charge in [-0.25, -0.2) is 13.1 Å².